The molecule has 2 heterocycles. The van der Waals surface area contributed by atoms with E-state index in [-0.39, 0.29) is 26.6 Å². The van der Waals surface area contributed by atoms with Gasteiger partial charge in [0.1, 0.15) is 10.7 Å². The first-order chi connectivity index (χ1) is 18.4. The van der Waals surface area contributed by atoms with E-state index in [0.29, 0.717) is 6.54 Å². The summed E-state index contributed by atoms with van der Waals surface area (Å²) in [5.74, 6) is -4.77. The zero-order chi connectivity index (χ0) is 28.0. The van der Waals surface area contributed by atoms with Crippen molar-refractivity contribution in [3.63, 3.8) is 0 Å². The summed E-state index contributed by atoms with van der Waals surface area (Å²) in [7, 11) is -5.19. The smallest absolute Gasteiger partial charge is 0.379 e. The Labute approximate surface area is 230 Å². The van der Waals surface area contributed by atoms with Crippen molar-refractivity contribution in [2.24, 2.45) is 5.41 Å². The van der Waals surface area contributed by atoms with Gasteiger partial charge < -0.3 is 10.2 Å². The van der Waals surface area contributed by atoms with Crippen molar-refractivity contribution in [2.45, 2.75) is 36.5 Å². The molecule has 5 rings (SSSR count). The lowest BCUT2D eigenvalue weighted by Crippen LogP contribution is -2.39. The maximum Gasteiger partial charge on any atom is 0.493 e. The fourth-order valence-electron chi connectivity index (χ4n) is 4.66. The number of rotatable bonds is 8. The zero-order valence-electron chi connectivity index (χ0n) is 20.0. The number of carbonyl (C=O) groups is 1. The molecule has 1 saturated heterocycles. The molecule has 1 aromatic heterocycles. The molecule has 0 bridgehead atoms. The second kappa shape index (κ2) is 10.2. The summed E-state index contributed by atoms with van der Waals surface area (Å²) in [5, 5.41) is 4.09. The van der Waals surface area contributed by atoms with Gasteiger partial charge in [0.2, 0.25) is 0 Å². The third-order valence-electron chi connectivity index (χ3n) is 6.71. The molecule has 0 unspecified atom stereocenters. The van der Waals surface area contributed by atoms with Gasteiger partial charge >= 0.3 is 12.1 Å². The number of sulfonamides is 1. The summed E-state index contributed by atoms with van der Waals surface area (Å²) in [6.07, 6.45) is -3.58. The van der Waals surface area contributed by atoms with Crippen LogP contribution in [0.3, 0.4) is 0 Å². The molecule has 1 N–H and O–H groups in total. The van der Waals surface area contributed by atoms with Crippen molar-refractivity contribution in [1.29, 1.82) is 0 Å². The summed E-state index contributed by atoms with van der Waals surface area (Å²) < 4.78 is 79.7. The molecule has 15 heteroatoms. The summed E-state index contributed by atoms with van der Waals surface area (Å²) in [4.78, 5) is 20.3. The number of aromatic nitrogens is 1. The van der Waals surface area contributed by atoms with Gasteiger partial charge in [-0.15, -0.1) is 11.3 Å². The van der Waals surface area contributed by atoms with Crippen molar-refractivity contribution in [2.75, 3.05) is 22.9 Å². The van der Waals surface area contributed by atoms with Gasteiger partial charge in [-0.3, -0.25) is 4.90 Å². The summed E-state index contributed by atoms with van der Waals surface area (Å²) in [6.45, 7) is 2.22. The van der Waals surface area contributed by atoms with E-state index in [0.717, 1.165) is 65.9 Å². The van der Waals surface area contributed by atoms with E-state index in [1.54, 1.807) is 0 Å². The van der Waals surface area contributed by atoms with Crippen LogP contribution in [0.15, 0.2) is 58.3 Å². The second-order valence-electron chi connectivity index (χ2n) is 9.43. The van der Waals surface area contributed by atoms with E-state index < -0.39 is 38.7 Å². The number of carbonyl (C=O) groups excluding carboxylic acids is 1. The predicted octanol–water partition coefficient (Wildman–Crippen LogP) is 5.23. The molecule has 8 nitrogen and oxygen atoms in total. The van der Waals surface area contributed by atoms with Crippen LogP contribution in [0.2, 0.25) is 5.02 Å². The molecule has 208 valence electrons. The van der Waals surface area contributed by atoms with E-state index in [9.17, 15) is 26.4 Å². The van der Waals surface area contributed by atoms with Crippen molar-refractivity contribution >= 4 is 50.4 Å². The van der Waals surface area contributed by atoms with E-state index >= 15 is 4.39 Å². The molecule has 1 saturated carbocycles. The van der Waals surface area contributed by atoms with Crippen LogP contribution in [0, 0.1) is 11.2 Å². The minimum absolute atomic E-state index is 0.0213. The highest BCUT2D eigenvalue weighted by Gasteiger charge is 2.55. The fourth-order valence-corrected chi connectivity index (χ4v) is 6.78. The lowest BCUT2D eigenvalue weighted by molar-refractivity contribution is -0.199. The lowest BCUT2D eigenvalue weighted by Gasteiger charge is -2.23. The third-order valence-corrected chi connectivity index (χ3v) is 9.16. The number of likely N-dealkylation sites (tertiary alicyclic amines) is 1. The van der Waals surface area contributed by atoms with Gasteiger partial charge in [-0.2, -0.15) is 21.6 Å². The Morgan fingerprint density at radius 1 is 1.26 bits per heavy atom. The first kappa shape index (κ1) is 27.6. The highest BCUT2D eigenvalue weighted by atomic mass is 35.5. The quantitative estimate of drug-likeness (QED) is 0.278. The maximum absolute atomic E-state index is 15.3. The number of hydrogen-bond donors (Lipinski definition) is 1. The highest BCUT2D eigenvalue weighted by Crippen LogP contribution is 2.54. The number of thiazole rings is 1. The van der Waals surface area contributed by atoms with Crippen LogP contribution in [-0.2, 0) is 26.2 Å². The van der Waals surface area contributed by atoms with Crippen molar-refractivity contribution in [1.82, 2.24) is 9.88 Å². The monoisotopic (exact) mass is 604 g/mol. The average molecular weight is 605 g/mol. The number of nitrogens with zero attached hydrogens (tertiary/aromatic N) is 3. The highest BCUT2D eigenvalue weighted by molar-refractivity contribution is 7.92. The molecular formula is C24H21ClF4N4O4S2. The van der Waals surface area contributed by atoms with Crippen LogP contribution in [0.5, 0.6) is 0 Å². The van der Waals surface area contributed by atoms with E-state index in [4.69, 9.17) is 11.6 Å². The largest absolute Gasteiger partial charge is 0.493 e. The van der Waals surface area contributed by atoms with Gasteiger partial charge in [-0.05, 0) is 30.5 Å². The Bertz CT molecular complexity index is 1470. The fraction of sp³-hybridized carbons (Fsp3) is 0.333. The van der Waals surface area contributed by atoms with Gasteiger partial charge in [0.05, 0.1) is 16.2 Å². The minimum Gasteiger partial charge on any atom is -0.379 e. The summed E-state index contributed by atoms with van der Waals surface area (Å²) in [6, 6.07) is 11.5. The molecule has 1 spiro atoms. The molecular weight excluding hydrogens is 584 g/mol. The van der Waals surface area contributed by atoms with Gasteiger partial charge in [-0.1, -0.05) is 46.4 Å². The van der Waals surface area contributed by atoms with Crippen molar-refractivity contribution < 1.29 is 35.6 Å². The van der Waals surface area contributed by atoms with Gasteiger partial charge in [0.15, 0.2) is 5.82 Å². The van der Waals surface area contributed by atoms with Gasteiger partial charge in [0.25, 0.3) is 10.0 Å². The molecule has 39 heavy (non-hydrogen) atoms. The molecule has 0 radical (unpaired) electrons. The Morgan fingerprint density at radius 2 is 1.97 bits per heavy atom. The number of nitrogens with one attached hydrogen (secondary N) is 1. The first-order valence-electron chi connectivity index (χ1n) is 11.6. The molecule has 0 amide bonds. The third kappa shape index (κ3) is 5.69. The van der Waals surface area contributed by atoms with Crippen molar-refractivity contribution in [3.05, 3.63) is 69.8 Å². The molecule has 2 fully saturated rings. The molecule has 1 aliphatic heterocycles. The van der Waals surface area contributed by atoms with Crippen LogP contribution in [0.4, 0.5) is 29.1 Å². The Hall–Kier alpha value is -2.94. The molecule has 1 atom stereocenters. The van der Waals surface area contributed by atoms with Crippen LogP contribution in [-0.4, -0.2) is 49.6 Å². The van der Waals surface area contributed by atoms with E-state index in [1.165, 1.54) is 0 Å². The Kier molecular flexibility index (Phi) is 7.24. The average Bonchev–Trinajstić information content (AvgIpc) is 3.29. The number of anilines is 2. The molecule has 3 aromatic rings. The number of alkyl halides is 3. The topological polar surface area (TPSA) is 91.8 Å². The number of benzene rings is 2. The van der Waals surface area contributed by atoms with E-state index in [1.807, 2.05) is 30.3 Å². The summed E-state index contributed by atoms with van der Waals surface area (Å²) in [5.41, 5.74) is 2.38. The SMILES string of the molecule is O=C(ON(c1cscn1)S(=O)(=O)c1cc(Cl)c(N[C@@H]2CN(Cc3ccccc3)CC23CC3)cc1F)C(F)(F)F. The molecule has 2 aliphatic rings. The van der Waals surface area contributed by atoms with Crippen molar-refractivity contribution in [3.8, 4) is 0 Å². The standard InChI is InChI=1S/C24H21ClF4N4O4S2/c25-16-8-19(39(35,36)33(21-12-38-14-30-21)37-22(34)24(27,28)29)17(26)9-18(16)31-20-11-32(13-23(20)6-7-23)10-15-4-2-1-3-5-15/h1-5,8-9,12,14,20,31H,6-7,10-11,13H2/t20-/m1/s1. The van der Waals surface area contributed by atoms with Gasteiger partial charge in [-0.25, -0.2) is 14.2 Å². The molecule has 2 aromatic carbocycles. The Balaban J connectivity index is 1.38. The number of hydrogen-bond acceptors (Lipinski definition) is 8. The predicted molar refractivity (Wildman–Crippen MR) is 136 cm³/mol. The normalized spacial score (nSPS) is 18.7. The lowest BCUT2D eigenvalue weighted by atomic mass is 10.0. The van der Waals surface area contributed by atoms with E-state index in [2.05, 4.69) is 20.0 Å². The molecule has 1 aliphatic carbocycles. The Morgan fingerprint density at radius 3 is 2.59 bits per heavy atom. The zero-order valence-corrected chi connectivity index (χ0v) is 22.4. The van der Waals surface area contributed by atoms with Gasteiger partial charge in [0, 0.05) is 36.5 Å². The van der Waals surface area contributed by atoms with Crippen LogP contribution < -0.4 is 9.79 Å². The second-order valence-corrected chi connectivity index (χ2v) is 12.3. The van der Waals surface area contributed by atoms with Crippen LogP contribution in [0.1, 0.15) is 18.4 Å². The maximum atomic E-state index is 15.3. The van der Waals surface area contributed by atoms with Crippen LogP contribution in [0.25, 0.3) is 0 Å². The number of halogens is 5. The minimum atomic E-state index is -5.51. The summed E-state index contributed by atoms with van der Waals surface area (Å²) >= 11 is 7.17. The first-order valence-corrected chi connectivity index (χ1v) is 14.4. The van der Waals surface area contributed by atoms with Crippen LogP contribution >= 0.6 is 22.9 Å².